The molecule has 0 saturated carbocycles. The smallest absolute Gasteiger partial charge is 0.133 e. The van der Waals surface area contributed by atoms with E-state index in [0.29, 0.717) is 12.2 Å². The first-order chi connectivity index (χ1) is 7.00. The monoisotopic (exact) mass is 220 g/mol. The summed E-state index contributed by atoms with van der Waals surface area (Å²) in [4.78, 5) is 11.8. The first-order valence-corrected chi connectivity index (χ1v) is 8.66. The first kappa shape index (κ1) is 12.2. The second kappa shape index (κ2) is 4.75. The van der Waals surface area contributed by atoms with Gasteiger partial charge >= 0.3 is 0 Å². The van der Waals surface area contributed by atoms with Crippen molar-refractivity contribution in [1.82, 2.24) is 0 Å². The fourth-order valence-electron chi connectivity index (χ4n) is 1.83. The third-order valence-corrected chi connectivity index (χ3v) is 7.74. The van der Waals surface area contributed by atoms with Crippen molar-refractivity contribution in [2.75, 3.05) is 0 Å². The number of rotatable bonds is 4. The van der Waals surface area contributed by atoms with Crippen LogP contribution in [0.5, 0.6) is 0 Å². The summed E-state index contributed by atoms with van der Waals surface area (Å²) < 4.78 is 0. The van der Waals surface area contributed by atoms with Gasteiger partial charge in [0.1, 0.15) is 5.78 Å². The number of Topliss-reactive ketones (excluding diaryl/α,β-unsaturated/α-hetero) is 1. The van der Waals surface area contributed by atoms with E-state index in [1.54, 1.807) is 0 Å². The standard InChI is InChI=1S/C13H20OSi/c1-5-13(14)11(2)15(3,4)12-9-7-6-8-10-12/h6-11H,5H2,1-4H3/t11-/m0/s1. The fraction of sp³-hybridized carbons (Fsp3) is 0.462. The molecule has 82 valence electrons. The van der Waals surface area contributed by atoms with Gasteiger partial charge in [0.05, 0.1) is 8.07 Å². The van der Waals surface area contributed by atoms with Gasteiger partial charge in [0.15, 0.2) is 0 Å². The van der Waals surface area contributed by atoms with Gasteiger partial charge in [-0.05, 0) is 0 Å². The van der Waals surface area contributed by atoms with E-state index < -0.39 is 8.07 Å². The molecular formula is C13H20OSi. The van der Waals surface area contributed by atoms with Gasteiger partial charge in [0, 0.05) is 12.0 Å². The average Bonchev–Trinajstić information content (AvgIpc) is 2.28. The highest BCUT2D eigenvalue weighted by atomic mass is 28.3. The van der Waals surface area contributed by atoms with E-state index in [1.165, 1.54) is 5.19 Å². The summed E-state index contributed by atoms with van der Waals surface area (Å²) in [6.07, 6.45) is 0.657. The van der Waals surface area contributed by atoms with Gasteiger partial charge in [-0.2, -0.15) is 0 Å². The maximum absolute atomic E-state index is 11.8. The molecule has 0 aliphatic carbocycles. The number of benzene rings is 1. The quantitative estimate of drug-likeness (QED) is 0.713. The molecule has 1 rings (SSSR count). The third-order valence-electron chi connectivity index (χ3n) is 3.43. The van der Waals surface area contributed by atoms with Gasteiger partial charge in [-0.25, -0.2) is 0 Å². The van der Waals surface area contributed by atoms with Gasteiger partial charge < -0.3 is 0 Å². The zero-order valence-electron chi connectivity index (χ0n) is 10.1. The number of ketones is 1. The van der Waals surface area contributed by atoms with Gasteiger partial charge in [-0.1, -0.05) is 62.5 Å². The molecule has 0 aromatic heterocycles. The van der Waals surface area contributed by atoms with Crippen LogP contribution in [-0.4, -0.2) is 13.9 Å². The summed E-state index contributed by atoms with van der Waals surface area (Å²) in [5.41, 5.74) is 0.213. The van der Waals surface area contributed by atoms with E-state index in [4.69, 9.17) is 0 Å². The molecule has 0 radical (unpaired) electrons. The van der Waals surface area contributed by atoms with Crippen LogP contribution in [0.15, 0.2) is 30.3 Å². The average molecular weight is 220 g/mol. The van der Waals surface area contributed by atoms with E-state index in [1.807, 2.05) is 13.0 Å². The lowest BCUT2D eigenvalue weighted by Gasteiger charge is -2.29. The van der Waals surface area contributed by atoms with Crippen LogP contribution in [0.3, 0.4) is 0 Å². The van der Waals surface area contributed by atoms with E-state index in [9.17, 15) is 4.79 Å². The largest absolute Gasteiger partial charge is 0.300 e. The van der Waals surface area contributed by atoms with Crippen molar-refractivity contribution in [1.29, 1.82) is 0 Å². The predicted molar refractivity (Wildman–Crippen MR) is 68.3 cm³/mol. The van der Waals surface area contributed by atoms with Crippen molar-refractivity contribution in [3.63, 3.8) is 0 Å². The van der Waals surface area contributed by atoms with E-state index in [2.05, 4.69) is 44.3 Å². The van der Waals surface area contributed by atoms with Gasteiger partial charge in [-0.3, -0.25) is 4.79 Å². The fourth-order valence-corrected chi connectivity index (χ4v) is 4.39. The number of hydrogen-bond donors (Lipinski definition) is 0. The summed E-state index contributed by atoms with van der Waals surface area (Å²) >= 11 is 0. The third kappa shape index (κ3) is 2.57. The van der Waals surface area contributed by atoms with E-state index in [0.717, 1.165) is 0 Å². The summed E-state index contributed by atoms with van der Waals surface area (Å²) in [7, 11) is -1.62. The molecule has 2 heteroatoms. The van der Waals surface area contributed by atoms with Crippen LogP contribution in [0, 0.1) is 0 Å². The highest BCUT2D eigenvalue weighted by molar-refractivity contribution is 6.93. The molecule has 0 saturated heterocycles. The Labute approximate surface area is 93.5 Å². The normalized spacial score (nSPS) is 13.6. The first-order valence-electron chi connectivity index (χ1n) is 5.58. The number of carbonyl (C=O) groups is 1. The maximum atomic E-state index is 11.8. The van der Waals surface area contributed by atoms with Gasteiger partial charge in [-0.15, -0.1) is 0 Å². The molecule has 0 unspecified atom stereocenters. The molecule has 0 aliphatic rings. The summed E-state index contributed by atoms with van der Waals surface area (Å²) in [6, 6.07) is 10.5. The van der Waals surface area contributed by atoms with Crippen LogP contribution in [0.4, 0.5) is 0 Å². The Balaban J connectivity index is 2.97. The van der Waals surface area contributed by atoms with Crippen LogP contribution in [0.2, 0.25) is 18.6 Å². The van der Waals surface area contributed by atoms with E-state index in [-0.39, 0.29) is 5.54 Å². The molecule has 15 heavy (non-hydrogen) atoms. The summed E-state index contributed by atoms with van der Waals surface area (Å²) in [6.45, 7) is 8.60. The van der Waals surface area contributed by atoms with Crippen molar-refractivity contribution < 1.29 is 4.79 Å². The van der Waals surface area contributed by atoms with Crippen molar-refractivity contribution in [2.24, 2.45) is 0 Å². The zero-order chi connectivity index (χ0) is 11.5. The van der Waals surface area contributed by atoms with Crippen molar-refractivity contribution in [3.8, 4) is 0 Å². The number of carbonyl (C=O) groups excluding carboxylic acids is 1. The molecule has 0 fully saturated rings. The minimum Gasteiger partial charge on any atom is -0.300 e. The van der Waals surface area contributed by atoms with Crippen molar-refractivity contribution in [3.05, 3.63) is 30.3 Å². The second-order valence-electron chi connectivity index (χ2n) is 4.63. The molecule has 0 heterocycles. The highest BCUT2D eigenvalue weighted by Crippen LogP contribution is 2.23. The lowest BCUT2D eigenvalue weighted by molar-refractivity contribution is -0.118. The lowest BCUT2D eigenvalue weighted by atomic mass is 10.2. The highest BCUT2D eigenvalue weighted by Gasteiger charge is 2.33. The van der Waals surface area contributed by atoms with Crippen molar-refractivity contribution in [2.45, 2.75) is 38.9 Å². The Morgan fingerprint density at radius 3 is 2.27 bits per heavy atom. The SMILES string of the molecule is CCC(=O)[C@H](C)[Si](C)(C)c1ccccc1. The Kier molecular flexibility index (Phi) is 3.86. The lowest BCUT2D eigenvalue weighted by Crippen LogP contribution is -2.47. The molecule has 1 nitrogen and oxygen atoms in total. The Morgan fingerprint density at radius 1 is 1.27 bits per heavy atom. The number of hydrogen-bond acceptors (Lipinski definition) is 1. The van der Waals surface area contributed by atoms with Crippen molar-refractivity contribution >= 4 is 19.0 Å². The minimum absolute atomic E-state index is 0.213. The van der Waals surface area contributed by atoms with Gasteiger partial charge in [0.25, 0.3) is 0 Å². The molecule has 0 amide bonds. The second-order valence-corrected chi connectivity index (χ2v) is 9.52. The molecule has 1 aromatic carbocycles. The Morgan fingerprint density at radius 2 is 1.80 bits per heavy atom. The van der Waals surface area contributed by atoms with Gasteiger partial charge in [0.2, 0.25) is 0 Å². The Hall–Kier alpha value is -0.893. The molecule has 0 bridgehead atoms. The van der Waals surface area contributed by atoms with Crippen LogP contribution in [0.25, 0.3) is 0 Å². The molecule has 0 spiro atoms. The van der Waals surface area contributed by atoms with Crippen LogP contribution < -0.4 is 5.19 Å². The zero-order valence-corrected chi connectivity index (χ0v) is 11.1. The maximum Gasteiger partial charge on any atom is 0.133 e. The topological polar surface area (TPSA) is 17.1 Å². The van der Waals surface area contributed by atoms with Crippen LogP contribution >= 0.6 is 0 Å². The summed E-state index contributed by atoms with van der Waals surface area (Å²) in [5, 5.41) is 1.37. The predicted octanol–water partition coefficient (Wildman–Crippen LogP) is 2.97. The molecule has 1 atom stereocenters. The van der Waals surface area contributed by atoms with Crippen LogP contribution in [-0.2, 0) is 4.79 Å². The molecule has 0 N–H and O–H groups in total. The van der Waals surface area contributed by atoms with E-state index >= 15 is 0 Å². The van der Waals surface area contributed by atoms with Crippen LogP contribution in [0.1, 0.15) is 20.3 Å². The molecule has 1 aromatic rings. The molecule has 0 aliphatic heterocycles. The minimum atomic E-state index is -1.62. The molecular weight excluding hydrogens is 200 g/mol. The summed E-state index contributed by atoms with van der Waals surface area (Å²) in [5.74, 6) is 0.399. The Bertz CT molecular complexity index is 330.